The third-order valence-corrected chi connectivity index (χ3v) is 6.13. The first-order chi connectivity index (χ1) is 16.1. The Morgan fingerprint density at radius 2 is 1.85 bits per heavy atom. The van der Waals surface area contributed by atoms with Crippen molar-refractivity contribution < 1.29 is 9.18 Å². The fourth-order valence-corrected chi connectivity index (χ4v) is 4.15. The highest BCUT2D eigenvalue weighted by Gasteiger charge is 2.25. The first-order valence-corrected chi connectivity index (χ1v) is 11.5. The molecule has 1 N–H and O–H groups in total. The van der Waals surface area contributed by atoms with E-state index in [0.29, 0.717) is 17.8 Å². The molecular formula is C26H30FN5O. The number of nitrogens with one attached hydrogen (secondary N) is 1. The summed E-state index contributed by atoms with van der Waals surface area (Å²) < 4.78 is 13.4. The van der Waals surface area contributed by atoms with Crippen molar-refractivity contribution in [3.05, 3.63) is 72.5 Å². The average Bonchev–Trinajstić information content (AvgIpc) is 2.87. The van der Waals surface area contributed by atoms with Crippen molar-refractivity contribution in [2.24, 2.45) is 5.92 Å². The summed E-state index contributed by atoms with van der Waals surface area (Å²) in [5.74, 6) is 0.678. The molecular weight excluding hydrogens is 417 g/mol. The van der Waals surface area contributed by atoms with Gasteiger partial charge in [-0.2, -0.15) is 0 Å². The van der Waals surface area contributed by atoms with E-state index in [1.54, 1.807) is 6.07 Å². The van der Waals surface area contributed by atoms with Gasteiger partial charge in [0.05, 0.1) is 5.69 Å². The number of carbonyl (C=O) groups excluding carboxylic acids is 1. The highest BCUT2D eigenvalue weighted by atomic mass is 19.1. The largest absolute Gasteiger partial charge is 0.375 e. The molecule has 0 bridgehead atoms. The van der Waals surface area contributed by atoms with E-state index >= 15 is 0 Å². The van der Waals surface area contributed by atoms with Crippen LogP contribution in [0.15, 0.2) is 66.7 Å². The van der Waals surface area contributed by atoms with Gasteiger partial charge in [-0.1, -0.05) is 30.3 Å². The molecule has 1 aliphatic heterocycles. The molecule has 1 amide bonds. The van der Waals surface area contributed by atoms with Crippen LogP contribution in [0.5, 0.6) is 0 Å². The molecule has 1 fully saturated rings. The second-order valence-electron chi connectivity index (χ2n) is 8.45. The van der Waals surface area contributed by atoms with Crippen LogP contribution in [0, 0.1) is 11.7 Å². The predicted octanol–water partition coefficient (Wildman–Crippen LogP) is 4.14. The Morgan fingerprint density at radius 1 is 1.06 bits per heavy atom. The lowest BCUT2D eigenvalue weighted by molar-refractivity contribution is -0.125. The maximum atomic E-state index is 13.4. The molecule has 0 saturated carbocycles. The van der Waals surface area contributed by atoms with E-state index in [4.69, 9.17) is 0 Å². The zero-order valence-corrected chi connectivity index (χ0v) is 19.0. The number of amides is 1. The van der Waals surface area contributed by atoms with Crippen LogP contribution in [0.3, 0.4) is 0 Å². The molecule has 0 atom stereocenters. The van der Waals surface area contributed by atoms with Crippen molar-refractivity contribution in [3.63, 3.8) is 0 Å². The zero-order chi connectivity index (χ0) is 23.0. The van der Waals surface area contributed by atoms with Crippen LogP contribution in [0.4, 0.5) is 15.9 Å². The van der Waals surface area contributed by atoms with Gasteiger partial charge in [0, 0.05) is 50.4 Å². The molecule has 33 heavy (non-hydrogen) atoms. The van der Waals surface area contributed by atoms with Crippen LogP contribution in [-0.4, -0.2) is 49.3 Å². The third kappa shape index (κ3) is 6.06. The molecule has 1 saturated heterocycles. The molecule has 1 aliphatic rings. The molecule has 2 aromatic carbocycles. The Kier molecular flexibility index (Phi) is 7.50. The standard InChI is InChI=1S/C26H30FN5O/c1-31(23-9-3-2-4-10-23)16-6-15-28-26(33)20-13-17-32(18-14-20)25-12-11-24(29-30-25)21-7-5-8-22(27)19-21/h2-5,7-12,19-20H,6,13-18H2,1H3,(H,28,33). The van der Waals surface area contributed by atoms with E-state index < -0.39 is 0 Å². The number of halogens is 1. The lowest BCUT2D eigenvalue weighted by Crippen LogP contribution is -2.41. The topological polar surface area (TPSA) is 61.4 Å². The Morgan fingerprint density at radius 3 is 2.55 bits per heavy atom. The molecule has 0 unspecified atom stereocenters. The van der Waals surface area contributed by atoms with Crippen molar-refractivity contribution in [1.82, 2.24) is 15.5 Å². The number of rotatable bonds is 8. The maximum Gasteiger partial charge on any atom is 0.223 e. The fraction of sp³-hybridized carbons (Fsp3) is 0.346. The predicted molar refractivity (Wildman–Crippen MR) is 130 cm³/mol. The van der Waals surface area contributed by atoms with Crippen molar-refractivity contribution in [2.45, 2.75) is 19.3 Å². The quantitative estimate of drug-likeness (QED) is 0.526. The van der Waals surface area contributed by atoms with Crippen LogP contribution in [-0.2, 0) is 4.79 Å². The van der Waals surface area contributed by atoms with Crippen molar-refractivity contribution >= 4 is 17.4 Å². The highest BCUT2D eigenvalue weighted by molar-refractivity contribution is 5.79. The normalized spacial score (nSPS) is 14.2. The minimum Gasteiger partial charge on any atom is -0.375 e. The molecule has 1 aromatic heterocycles. The van der Waals surface area contributed by atoms with E-state index in [2.05, 4.69) is 44.5 Å². The number of para-hydroxylation sites is 1. The lowest BCUT2D eigenvalue weighted by atomic mass is 9.96. The monoisotopic (exact) mass is 447 g/mol. The summed E-state index contributed by atoms with van der Waals surface area (Å²) in [6.07, 6.45) is 2.50. The van der Waals surface area contributed by atoms with Gasteiger partial charge in [-0.05, 0) is 55.7 Å². The van der Waals surface area contributed by atoms with Gasteiger partial charge in [-0.15, -0.1) is 10.2 Å². The Hall–Kier alpha value is -3.48. The molecule has 0 radical (unpaired) electrons. The first kappa shape index (κ1) is 22.7. The molecule has 7 heteroatoms. The van der Waals surface area contributed by atoms with Crippen LogP contribution in [0.1, 0.15) is 19.3 Å². The van der Waals surface area contributed by atoms with E-state index in [-0.39, 0.29) is 17.6 Å². The smallest absolute Gasteiger partial charge is 0.223 e. The second-order valence-corrected chi connectivity index (χ2v) is 8.45. The van der Waals surface area contributed by atoms with Crippen molar-refractivity contribution in [3.8, 4) is 11.3 Å². The second kappa shape index (κ2) is 10.9. The number of hydrogen-bond donors (Lipinski definition) is 1. The zero-order valence-electron chi connectivity index (χ0n) is 19.0. The molecule has 172 valence electrons. The summed E-state index contributed by atoms with van der Waals surface area (Å²) in [6.45, 7) is 3.11. The summed E-state index contributed by atoms with van der Waals surface area (Å²) >= 11 is 0. The average molecular weight is 448 g/mol. The summed E-state index contributed by atoms with van der Waals surface area (Å²) in [4.78, 5) is 16.9. The molecule has 0 spiro atoms. The fourth-order valence-electron chi connectivity index (χ4n) is 4.15. The van der Waals surface area contributed by atoms with Gasteiger partial charge in [0.25, 0.3) is 0 Å². The van der Waals surface area contributed by atoms with E-state index in [0.717, 1.165) is 44.7 Å². The van der Waals surface area contributed by atoms with Crippen LogP contribution >= 0.6 is 0 Å². The molecule has 2 heterocycles. The SMILES string of the molecule is CN(CCCNC(=O)C1CCN(c2ccc(-c3cccc(F)c3)nn2)CC1)c1ccccc1. The summed E-state index contributed by atoms with van der Waals surface area (Å²) in [5.41, 5.74) is 2.54. The molecule has 3 aromatic rings. The molecule has 0 aliphatic carbocycles. The first-order valence-electron chi connectivity index (χ1n) is 11.5. The summed E-state index contributed by atoms with van der Waals surface area (Å²) in [7, 11) is 2.07. The Labute approximate surface area is 194 Å². The third-order valence-electron chi connectivity index (χ3n) is 6.13. The molecule has 6 nitrogen and oxygen atoms in total. The molecule has 4 rings (SSSR count). The van der Waals surface area contributed by atoms with E-state index in [1.165, 1.54) is 17.8 Å². The minimum absolute atomic E-state index is 0.0348. The maximum absolute atomic E-state index is 13.4. The van der Waals surface area contributed by atoms with Gasteiger partial charge in [0.2, 0.25) is 5.91 Å². The minimum atomic E-state index is -0.290. The van der Waals surface area contributed by atoms with Gasteiger partial charge < -0.3 is 15.1 Å². The Bertz CT molecular complexity index is 1040. The highest BCUT2D eigenvalue weighted by Crippen LogP contribution is 2.24. The number of piperidine rings is 1. The number of nitrogens with zero attached hydrogens (tertiary/aromatic N) is 4. The van der Waals surface area contributed by atoms with Crippen LogP contribution < -0.4 is 15.1 Å². The van der Waals surface area contributed by atoms with Gasteiger partial charge in [0.15, 0.2) is 5.82 Å². The number of benzene rings is 2. The lowest BCUT2D eigenvalue weighted by Gasteiger charge is -2.32. The Balaban J connectivity index is 1.19. The van der Waals surface area contributed by atoms with E-state index in [9.17, 15) is 9.18 Å². The number of carbonyl (C=O) groups is 1. The van der Waals surface area contributed by atoms with Crippen LogP contribution in [0.2, 0.25) is 0 Å². The number of aromatic nitrogens is 2. The number of hydrogen-bond acceptors (Lipinski definition) is 5. The number of anilines is 2. The van der Waals surface area contributed by atoms with Crippen LogP contribution in [0.25, 0.3) is 11.3 Å². The van der Waals surface area contributed by atoms with Crippen molar-refractivity contribution in [2.75, 3.05) is 43.0 Å². The van der Waals surface area contributed by atoms with Gasteiger partial charge in [-0.25, -0.2) is 4.39 Å². The van der Waals surface area contributed by atoms with Gasteiger partial charge in [-0.3, -0.25) is 4.79 Å². The van der Waals surface area contributed by atoms with Gasteiger partial charge in [0.1, 0.15) is 5.82 Å². The van der Waals surface area contributed by atoms with E-state index in [1.807, 2.05) is 36.4 Å². The van der Waals surface area contributed by atoms with Gasteiger partial charge >= 0.3 is 0 Å². The summed E-state index contributed by atoms with van der Waals surface area (Å²) in [6, 6.07) is 20.4. The summed E-state index contributed by atoms with van der Waals surface area (Å²) in [5, 5.41) is 11.7. The van der Waals surface area contributed by atoms with Crippen molar-refractivity contribution in [1.29, 1.82) is 0 Å².